The van der Waals surface area contributed by atoms with Crippen LogP contribution in [0.2, 0.25) is 0 Å². The van der Waals surface area contributed by atoms with Crippen LogP contribution in [0.5, 0.6) is 0 Å². The molecule has 0 unspecified atom stereocenters. The minimum atomic E-state index is 0.546. The highest BCUT2D eigenvalue weighted by molar-refractivity contribution is 5.79. The number of benzene rings is 1. The number of nitrogens with zero attached hydrogens (tertiary/aromatic N) is 3. The van der Waals surface area contributed by atoms with Gasteiger partial charge in [0.2, 0.25) is 0 Å². The first kappa shape index (κ1) is 13.7. The summed E-state index contributed by atoms with van der Waals surface area (Å²) >= 11 is 0. The van der Waals surface area contributed by atoms with Gasteiger partial charge in [-0.05, 0) is 24.1 Å². The first-order chi connectivity index (χ1) is 10.1. The second kappa shape index (κ2) is 5.28. The molecule has 0 aliphatic rings. The maximum absolute atomic E-state index is 5.93. The summed E-state index contributed by atoms with van der Waals surface area (Å²) in [5.74, 6) is 3.10. The molecular weight excluding hydrogens is 262 g/mol. The summed E-state index contributed by atoms with van der Waals surface area (Å²) in [6.07, 6.45) is 0. The normalized spacial score (nSPS) is 11.5. The maximum atomic E-state index is 5.93. The van der Waals surface area contributed by atoms with Gasteiger partial charge >= 0.3 is 0 Å². The number of furan rings is 1. The average molecular weight is 283 g/mol. The Morgan fingerprint density at radius 1 is 1.14 bits per heavy atom. The number of hydrogen-bond acceptors (Lipinski definition) is 3. The summed E-state index contributed by atoms with van der Waals surface area (Å²) in [5, 5.41) is 0. The van der Waals surface area contributed by atoms with Crippen molar-refractivity contribution in [2.24, 2.45) is 5.92 Å². The van der Waals surface area contributed by atoms with Gasteiger partial charge in [-0.1, -0.05) is 26.0 Å². The van der Waals surface area contributed by atoms with Gasteiger partial charge in [0.15, 0.2) is 17.5 Å². The molecule has 2 heterocycles. The van der Waals surface area contributed by atoms with Gasteiger partial charge in [0.1, 0.15) is 0 Å². The summed E-state index contributed by atoms with van der Waals surface area (Å²) in [6.45, 7) is 5.35. The lowest BCUT2D eigenvalue weighted by atomic mass is 10.2. The second-order valence-electron chi connectivity index (χ2n) is 5.96. The number of fused-ring (bicyclic) bond motifs is 1. The number of anilines is 1. The Kier molecular flexibility index (Phi) is 3.45. The van der Waals surface area contributed by atoms with Crippen LogP contribution in [0, 0.1) is 5.92 Å². The van der Waals surface area contributed by atoms with Crippen molar-refractivity contribution in [3.63, 3.8) is 0 Å². The predicted molar refractivity (Wildman–Crippen MR) is 86.6 cm³/mol. The van der Waals surface area contributed by atoms with Gasteiger partial charge in [-0.15, -0.1) is 0 Å². The summed E-state index contributed by atoms with van der Waals surface area (Å²) in [4.78, 5) is 6.72. The summed E-state index contributed by atoms with van der Waals surface area (Å²) in [6, 6.07) is 12.2. The average Bonchev–Trinajstić information content (AvgIpc) is 3.03. The van der Waals surface area contributed by atoms with E-state index in [9.17, 15) is 0 Å². The van der Waals surface area contributed by atoms with E-state index in [1.54, 1.807) is 0 Å². The fourth-order valence-electron chi connectivity index (χ4n) is 2.50. The fraction of sp³-hybridized carbons (Fsp3) is 0.353. The third-order valence-electron chi connectivity index (χ3n) is 3.46. The van der Waals surface area contributed by atoms with Crippen molar-refractivity contribution in [3.05, 3.63) is 36.4 Å². The molecule has 1 aromatic carbocycles. The SMILES string of the molecule is CC(C)Cn1c(-c2ccc(N(C)C)o2)nc2ccccc21. The first-order valence-corrected chi connectivity index (χ1v) is 7.29. The quantitative estimate of drug-likeness (QED) is 0.725. The molecule has 0 N–H and O–H groups in total. The number of imidazole rings is 1. The van der Waals surface area contributed by atoms with Crippen LogP contribution in [0.15, 0.2) is 40.8 Å². The van der Waals surface area contributed by atoms with Crippen molar-refractivity contribution in [3.8, 4) is 11.6 Å². The third-order valence-corrected chi connectivity index (χ3v) is 3.46. The van der Waals surface area contributed by atoms with E-state index < -0.39 is 0 Å². The highest BCUT2D eigenvalue weighted by Gasteiger charge is 2.16. The Bertz CT molecular complexity index is 752. The lowest BCUT2D eigenvalue weighted by Crippen LogP contribution is -2.07. The van der Waals surface area contributed by atoms with Crippen molar-refractivity contribution in [1.82, 2.24) is 9.55 Å². The Morgan fingerprint density at radius 3 is 2.57 bits per heavy atom. The molecule has 0 saturated carbocycles. The van der Waals surface area contributed by atoms with Crippen LogP contribution < -0.4 is 4.90 Å². The van der Waals surface area contributed by atoms with Gasteiger partial charge in [-0.25, -0.2) is 4.98 Å². The van der Waals surface area contributed by atoms with Gasteiger partial charge in [0.05, 0.1) is 11.0 Å². The zero-order valence-electron chi connectivity index (χ0n) is 13.0. The van der Waals surface area contributed by atoms with Gasteiger partial charge in [-0.2, -0.15) is 0 Å². The molecule has 0 bridgehead atoms. The lowest BCUT2D eigenvalue weighted by molar-refractivity contribution is 0.522. The van der Waals surface area contributed by atoms with Crippen molar-refractivity contribution in [2.75, 3.05) is 19.0 Å². The van der Waals surface area contributed by atoms with E-state index in [0.29, 0.717) is 5.92 Å². The van der Waals surface area contributed by atoms with E-state index in [-0.39, 0.29) is 0 Å². The number of rotatable bonds is 4. The Morgan fingerprint density at radius 2 is 1.90 bits per heavy atom. The van der Waals surface area contributed by atoms with E-state index >= 15 is 0 Å². The van der Waals surface area contributed by atoms with Crippen molar-refractivity contribution < 1.29 is 4.42 Å². The lowest BCUT2D eigenvalue weighted by Gasteiger charge is -2.11. The van der Waals surface area contributed by atoms with Gasteiger partial charge in [0, 0.05) is 26.7 Å². The van der Waals surface area contributed by atoms with Crippen LogP contribution in [0.3, 0.4) is 0 Å². The zero-order chi connectivity index (χ0) is 15.0. The monoisotopic (exact) mass is 283 g/mol. The van der Waals surface area contributed by atoms with Crippen LogP contribution in [-0.4, -0.2) is 23.6 Å². The molecule has 4 heteroatoms. The van der Waals surface area contributed by atoms with Crippen LogP contribution in [-0.2, 0) is 6.54 Å². The summed E-state index contributed by atoms with van der Waals surface area (Å²) < 4.78 is 8.17. The van der Waals surface area contributed by atoms with Crippen LogP contribution >= 0.6 is 0 Å². The Balaban J connectivity index is 2.15. The van der Waals surface area contributed by atoms with Crippen LogP contribution in [0.25, 0.3) is 22.6 Å². The number of aromatic nitrogens is 2. The van der Waals surface area contributed by atoms with Gasteiger partial charge in [0.25, 0.3) is 0 Å². The minimum absolute atomic E-state index is 0.546. The molecule has 2 aromatic heterocycles. The van der Waals surface area contributed by atoms with E-state index in [2.05, 4.69) is 30.5 Å². The van der Waals surface area contributed by atoms with E-state index in [1.165, 1.54) is 0 Å². The van der Waals surface area contributed by atoms with Crippen molar-refractivity contribution in [2.45, 2.75) is 20.4 Å². The maximum Gasteiger partial charge on any atom is 0.195 e. The summed E-state index contributed by atoms with van der Waals surface area (Å²) in [7, 11) is 3.94. The van der Waals surface area contributed by atoms with E-state index in [4.69, 9.17) is 9.40 Å². The molecule has 4 nitrogen and oxygen atoms in total. The number of para-hydroxylation sites is 2. The zero-order valence-corrected chi connectivity index (χ0v) is 13.0. The Hall–Kier alpha value is -2.23. The number of hydrogen-bond donors (Lipinski definition) is 0. The molecule has 0 amide bonds. The molecule has 3 rings (SSSR count). The van der Waals surface area contributed by atoms with Gasteiger partial charge in [-0.3, -0.25) is 0 Å². The molecule has 0 fully saturated rings. The van der Waals surface area contributed by atoms with Gasteiger partial charge < -0.3 is 13.9 Å². The largest absolute Gasteiger partial charge is 0.437 e. The highest BCUT2D eigenvalue weighted by atomic mass is 16.4. The highest BCUT2D eigenvalue weighted by Crippen LogP contribution is 2.29. The van der Waals surface area contributed by atoms with Crippen molar-refractivity contribution in [1.29, 1.82) is 0 Å². The second-order valence-corrected chi connectivity index (χ2v) is 5.96. The first-order valence-electron chi connectivity index (χ1n) is 7.29. The molecule has 0 aliphatic heterocycles. The molecular formula is C17H21N3O. The van der Waals surface area contributed by atoms with E-state index in [0.717, 1.165) is 35.0 Å². The molecule has 0 spiro atoms. The minimum Gasteiger partial charge on any atom is -0.437 e. The smallest absolute Gasteiger partial charge is 0.195 e. The third kappa shape index (κ3) is 2.53. The summed E-state index contributed by atoms with van der Waals surface area (Å²) in [5.41, 5.74) is 2.17. The molecule has 0 atom stereocenters. The molecule has 110 valence electrons. The Labute approximate surface area is 125 Å². The topological polar surface area (TPSA) is 34.2 Å². The van der Waals surface area contributed by atoms with Crippen LogP contribution in [0.1, 0.15) is 13.8 Å². The predicted octanol–water partition coefficient (Wildman–Crippen LogP) is 4.02. The molecule has 0 saturated heterocycles. The molecule has 21 heavy (non-hydrogen) atoms. The van der Waals surface area contributed by atoms with Crippen molar-refractivity contribution >= 4 is 16.9 Å². The van der Waals surface area contributed by atoms with Crippen LogP contribution in [0.4, 0.5) is 5.88 Å². The van der Waals surface area contributed by atoms with E-state index in [1.807, 2.05) is 43.3 Å². The fourth-order valence-corrected chi connectivity index (χ4v) is 2.50. The molecule has 0 aliphatic carbocycles. The molecule has 0 radical (unpaired) electrons. The standard InChI is InChI=1S/C17H21N3O/c1-12(2)11-20-14-8-6-5-7-13(14)18-17(20)15-9-10-16(21-15)19(3)4/h5-10,12H,11H2,1-4H3. The molecule has 3 aromatic rings.